The number of hydrogen-bond donors (Lipinski definition) is 2. The van der Waals surface area contributed by atoms with Gasteiger partial charge >= 0.3 is 0 Å². The van der Waals surface area contributed by atoms with E-state index in [1.54, 1.807) is 0 Å². The van der Waals surface area contributed by atoms with Gasteiger partial charge in [0.15, 0.2) is 0 Å². The average Bonchev–Trinajstić information content (AvgIpc) is 2.26. The van der Waals surface area contributed by atoms with Crippen LogP contribution in [0.3, 0.4) is 0 Å². The summed E-state index contributed by atoms with van der Waals surface area (Å²) in [5.41, 5.74) is 8.01. The lowest BCUT2D eigenvalue weighted by molar-refractivity contribution is 0.424. The Labute approximate surface area is 99.2 Å². The van der Waals surface area contributed by atoms with Crippen molar-refractivity contribution in [1.29, 1.82) is 0 Å². The molecule has 1 aromatic rings. The minimum Gasteiger partial charge on any atom is -0.399 e. The van der Waals surface area contributed by atoms with Crippen LogP contribution in [-0.4, -0.2) is 12.6 Å². The van der Waals surface area contributed by atoms with Crippen LogP contribution in [0.1, 0.15) is 39.7 Å². The molecule has 1 unspecified atom stereocenters. The molecule has 0 heterocycles. The van der Waals surface area contributed by atoms with E-state index in [1.165, 1.54) is 5.56 Å². The highest BCUT2D eigenvalue weighted by atomic mass is 14.9. The summed E-state index contributed by atoms with van der Waals surface area (Å²) in [6, 6.07) is 8.76. The molecular weight excluding hydrogens is 196 g/mol. The van der Waals surface area contributed by atoms with Gasteiger partial charge in [-0.2, -0.15) is 0 Å². The van der Waals surface area contributed by atoms with Crippen LogP contribution < -0.4 is 11.1 Å². The molecule has 0 bridgehead atoms. The molecule has 1 atom stereocenters. The first-order valence-corrected chi connectivity index (χ1v) is 6.05. The Morgan fingerprint density at radius 1 is 1.25 bits per heavy atom. The zero-order valence-electron chi connectivity index (χ0n) is 10.9. The van der Waals surface area contributed by atoms with E-state index in [0.29, 0.717) is 6.04 Å². The van der Waals surface area contributed by atoms with Crippen LogP contribution in [0.5, 0.6) is 0 Å². The smallest absolute Gasteiger partial charge is 0.0314 e. The van der Waals surface area contributed by atoms with Crippen LogP contribution in [0, 0.1) is 0 Å². The van der Waals surface area contributed by atoms with Crippen molar-refractivity contribution >= 4 is 5.69 Å². The molecule has 0 spiro atoms. The monoisotopic (exact) mass is 220 g/mol. The third-order valence-electron chi connectivity index (χ3n) is 3.20. The Kier molecular flexibility index (Phi) is 4.36. The molecule has 16 heavy (non-hydrogen) atoms. The first kappa shape index (κ1) is 13.0. The Morgan fingerprint density at radius 2 is 1.81 bits per heavy atom. The van der Waals surface area contributed by atoms with Crippen LogP contribution in [0.4, 0.5) is 5.69 Å². The summed E-state index contributed by atoms with van der Waals surface area (Å²) in [6.45, 7) is 9.93. The topological polar surface area (TPSA) is 38.0 Å². The Bertz CT molecular complexity index is 314. The van der Waals surface area contributed by atoms with Crippen molar-refractivity contribution in [3.8, 4) is 0 Å². The Hall–Kier alpha value is -1.02. The van der Waals surface area contributed by atoms with Gasteiger partial charge in [-0.25, -0.2) is 0 Å². The van der Waals surface area contributed by atoms with Gasteiger partial charge in [0.2, 0.25) is 0 Å². The highest BCUT2D eigenvalue weighted by Gasteiger charge is 2.20. The molecule has 0 aliphatic heterocycles. The number of nitrogens with one attached hydrogen (secondary N) is 1. The van der Waals surface area contributed by atoms with E-state index in [-0.39, 0.29) is 5.41 Å². The Morgan fingerprint density at radius 3 is 2.31 bits per heavy atom. The largest absolute Gasteiger partial charge is 0.399 e. The average molecular weight is 220 g/mol. The molecule has 2 nitrogen and oxygen atoms in total. The number of nitrogens with two attached hydrogens (primary N) is 1. The van der Waals surface area contributed by atoms with E-state index >= 15 is 0 Å². The SMILES string of the molecule is CCC(C)NCC(C)(C)c1ccc(N)cc1. The summed E-state index contributed by atoms with van der Waals surface area (Å²) in [6.07, 6.45) is 1.16. The molecule has 1 rings (SSSR count). The van der Waals surface area contributed by atoms with Crippen molar-refractivity contribution in [2.24, 2.45) is 0 Å². The first-order chi connectivity index (χ1) is 7.45. The number of anilines is 1. The van der Waals surface area contributed by atoms with Crippen LogP contribution in [0.15, 0.2) is 24.3 Å². The Balaban J connectivity index is 2.66. The molecule has 3 N–H and O–H groups in total. The van der Waals surface area contributed by atoms with Gasteiger partial charge in [0.25, 0.3) is 0 Å². The second kappa shape index (κ2) is 5.35. The van der Waals surface area contributed by atoms with E-state index in [9.17, 15) is 0 Å². The van der Waals surface area contributed by atoms with Crippen molar-refractivity contribution in [1.82, 2.24) is 5.32 Å². The van der Waals surface area contributed by atoms with E-state index < -0.39 is 0 Å². The zero-order chi connectivity index (χ0) is 12.2. The highest BCUT2D eigenvalue weighted by Crippen LogP contribution is 2.23. The summed E-state index contributed by atoms with van der Waals surface area (Å²) < 4.78 is 0. The molecular formula is C14H24N2. The molecule has 0 saturated carbocycles. The summed E-state index contributed by atoms with van der Waals surface area (Å²) >= 11 is 0. The minimum absolute atomic E-state index is 0.150. The molecule has 0 aliphatic carbocycles. The number of nitrogen functional groups attached to an aromatic ring is 1. The van der Waals surface area contributed by atoms with Gasteiger partial charge in [0.05, 0.1) is 0 Å². The second-order valence-corrected chi connectivity index (χ2v) is 5.20. The van der Waals surface area contributed by atoms with Crippen molar-refractivity contribution < 1.29 is 0 Å². The van der Waals surface area contributed by atoms with Gasteiger partial charge in [-0.3, -0.25) is 0 Å². The van der Waals surface area contributed by atoms with Gasteiger partial charge in [0, 0.05) is 23.7 Å². The summed E-state index contributed by atoms with van der Waals surface area (Å²) in [5, 5.41) is 3.55. The third kappa shape index (κ3) is 3.53. The minimum atomic E-state index is 0.150. The van der Waals surface area contributed by atoms with E-state index in [0.717, 1.165) is 18.7 Å². The van der Waals surface area contributed by atoms with Gasteiger partial charge in [-0.1, -0.05) is 32.9 Å². The predicted octanol–water partition coefficient (Wildman–Crippen LogP) is 2.93. The quantitative estimate of drug-likeness (QED) is 0.749. The van der Waals surface area contributed by atoms with E-state index in [2.05, 4.69) is 45.1 Å². The molecule has 1 aromatic carbocycles. The molecule has 0 saturated heterocycles. The molecule has 0 radical (unpaired) electrons. The summed E-state index contributed by atoms with van der Waals surface area (Å²) in [4.78, 5) is 0. The fourth-order valence-corrected chi connectivity index (χ4v) is 1.61. The molecule has 0 amide bonds. The fraction of sp³-hybridized carbons (Fsp3) is 0.571. The van der Waals surface area contributed by atoms with Crippen molar-refractivity contribution in [2.75, 3.05) is 12.3 Å². The standard InChI is InChI=1S/C14H24N2/c1-5-11(2)16-10-14(3,4)12-6-8-13(15)9-7-12/h6-9,11,16H,5,10,15H2,1-4H3. The van der Waals surface area contributed by atoms with Crippen LogP contribution in [-0.2, 0) is 5.41 Å². The zero-order valence-corrected chi connectivity index (χ0v) is 10.9. The molecule has 2 heteroatoms. The van der Waals surface area contributed by atoms with Crippen molar-refractivity contribution in [3.63, 3.8) is 0 Å². The van der Waals surface area contributed by atoms with Crippen molar-refractivity contribution in [2.45, 2.75) is 45.6 Å². The van der Waals surface area contributed by atoms with Gasteiger partial charge < -0.3 is 11.1 Å². The maximum absolute atomic E-state index is 5.70. The maximum Gasteiger partial charge on any atom is 0.0314 e. The highest BCUT2D eigenvalue weighted by molar-refractivity contribution is 5.41. The second-order valence-electron chi connectivity index (χ2n) is 5.20. The first-order valence-electron chi connectivity index (χ1n) is 6.05. The van der Waals surface area contributed by atoms with E-state index in [1.807, 2.05) is 12.1 Å². The van der Waals surface area contributed by atoms with Gasteiger partial charge in [-0.15, -0.1) is 0 Å². The lowest BCUT2D eigenvalue weighted by Crippen LogP contribution is -2.37. The number of benzene rings is 1. The summed E-state index contributed by atoms with van der Waals surface area (Å²) in [5.74, 6) is 0. The normalized spacial score (nSPS) is 13.8. The van der Waals surface area contributed by atoms with Crippen LogP contribution in [0.2, 0.25) is 0 Å². The van der Waals surface area contributed by atoms with Crippen LogP contribution in [0.25, 0.3) is 0 Å². The maximum atomic E-state index is 5.70. The lowest BCUT2D eigenvalue weighted by Gasteiger charge is -2.27. The summed E-state index contributed by atoms with van der Waals surface area (Å²) in [7, 11) is 0. The van der Waals surface area contributed by atoms with Gasteiger partial charge in [-0.05, 0) is 31.0 Å². The van der Waals surface area contributed by atoms with Crippen molar-refractivity contribution in [3.05, 3.63) is 29.8 Å². The fourth-order valence-electron chi connectivity index (χ4n) is 1.61. The van der Waals surface area contributed by atoms with E-state index in [4.69, 9.17) is 5.73 Å². The molecule has 90 valence electrons. The molecule has 0 fully saturated rings. The van der Waals surface area contributed by atoms with Gasteiger partial charge in [0.1, 0.15) is 0 Å². The number of rotatable bonds is 5. The lowest BCUT2D eigenvalue weighted by atomic mass is 9.84. The third-order valence-corrected chi connectivity index (χ3v) is 3.20. The predicted molar refractivity (Wildman–Crippen MR) is 71.6 cm³/mol. The molecule has 0 aliphatic rings. The number of hydrogen-bond acceptors (Lipinski definition) is 2. The molecule has 0 aromatic heterocycles. The van der Waals surface area contributed by atoms with Crippen LogP contribution >= 0.6 is 0 Å².